The first kappa shape index (κ1) is 16.5. The molecule has 132 valence electrons. The fraction of sp³-hybridized carbons (Fsp3) is 0. The van der Waals surface area contributed by atoms with Crippen molar-refractivity contribution >= 4 is 51.0 Å². The summed E-state index contributed by atoms with van der Waals surface area (Å²) in [4.78, 5) is 9.05. The third-order valence-electron chi connectivity index (χ3n) is 4.31. The Hall–Kier alpha value is -2.65. The molecule has 8 nitrogen and oxygen atoms in total. The van der Waals surface area contributed by atoms with Crippen LogP contribution in [0.25, 0.3) is 39.1 Å². The maximum Gasteiger partial charge on any atom is 0.223 e. The molecule has 0 bridgehead atoms. The number of hydrogen-bond acceptors (Lipinski definition) is 6. The molecule has 5 aromatic rings. The Bertz CT molecular complexity index is 1280. The van der Waals surface area contributed by atoms with Gasteiger partial charge in [-0.1, -0.05) is 41.6 Å². The van der Waals surface area contributed by atoms with E-state index in [0.717, 1.165) is 33.4 Å². The zero-order valence-electron chi connectivity index (χ0n) is 13.8. The summed E-state index contributed by atoms with van der Waals surface area (Å²) in [5.41, 5.74) is 12.1. The molecule has 0 fully saturated rings. The van der Waals surface area contributed by atoms with Gasteiger partial charge in [-0.05, 0) is 39.7 Å². The molecule has 0 aliphatic rings. The van der Waals surface area contributed by atoms with Crippen molar-refractivity contribution in [1.29, 1.82) is 0 Å². The lowest BCUT2D eigenvalue weighted by Gasteiger charge is -2.12. The second-order valence-electron chi connectivity index (χ2n) is 5.84. The van der Waals surface area contributed by atoms with Gasteiger partial charge in [0.2, 0.25) is 5.95 Å². The van der Waals surface area contributed by atoms with Crippen LogP contribution >= 0.6 is 28.4 Å². The van der Waals surface area contributed by atoms with Gasteiger partial charge in [0.05, 0.1) is 23.1 Å². The first-order valence-corrected chi connectivity index (χ1v) is 12.1. The topological polar surface area (TPSA) is 99.8 Å². The first-order valence-electron chi connectivity index (χ1n) is 8.03. The third kappa shape index (κ3) is 2.65. The maximum absolute atomic E-state index is 6.12. The SMILES string of the molecule is Nc1nc(-c2ccccc2)c(-c2ccc3c(c2)nnn3PI)c2ncnn12. The molecule has 1 unspecified atom stereocenters. The number of nitrogen functional groups attached to an aromatic ring is 1. The molecular formula is C17H12IN8P. The molecule has 0 saturated carbocycles. The van der Waals surface area contributed by atoms with Crippen molar-refractivity contribution in [3.8, 4) is 22.4 Å². The van der Waals surface area contributed by atoms with Gasteiger partial charge in [0.1, 0.15) is 11.8 Å². The average molecular weight is 486 g/mol. The number of hydrogen-bond donors (Lipinski definition) is 1. The molecule has 0 aliphatic carbocycles. The molecule has 0 radical (unpaired) electrons. The highest BCUT2D eigenvalue weighted by atomic mass is 127. The minimum Gasteiger partial charge on any atom is -0.368 e. The van der Waals surface area contributed by atoms with Gasteiger partial charge in [0.15, 0.2) is 5.65 Å². The molecule has 1 atom stereocenters. The quantitative estimate of drug-likeness (QED) is 0.309. The van der Waals surface area contributed by atoms with E-state index in [2.05, 4.69) is 47.4 Å². The first-order chi connectivity index (χ1) is 13.3. The molecule has 0 saturated heterocycles. The molecule has 10 heteroatoms. The number of fused-ring (bicyclic) bond motifs is 2. The van der Waals surface area contributed by atoms with Crippen LogP contribution in [0.15, 0.2) is 54.9 Å². The van der Waals surface area contributed by atoms with Crippen molar-refractivity contribution in [2.45, 2.75) is 0 Å². The second-order valence-corrected chi connectivity index (χ2v) is 7.88. The Labute approximate surface area is 168 Å². The molecule has 0 aliphatic heterocycles. The zero-order valence-corrected chi connectivity index (χ0v) is 16.9. The Balaban J connectivity index is 1.84. The molecule has 2 aromatic carbocycles. The minimum absolute atomic E-state index is 0.295. The van der Waals surface area contributed by atoms with Crippen molar-refractivity contribution in [1.82, 2.24) is 34.3 Å². The van der Waals surface area contributed by atoms with Crippen LogP contribution in [0.1, 0.15) is 0 Å². The van der Waals surface area contributed by atoms with Crippen LogP contribution in [0.4, 0.5) is 5.95 Å². The van der Waals surface area contributed by atoms with E-state index in [4.69, 9.17) is 5.73 Å². The van der Waals surface area contributed by atoms with Crippen molar-refractivity contribution in [3.05, 3.63) is 54.9 Å². The molecule has 3 heterocycles. The van der Waals surface area contributed by atoms with E-state index < -0.39 is 0 Å². The van der Waals surface area contributed by atoms with Gasteiger partial charge in [-0.15, -0.1) is 5.10 Å². The third-order valence-corrected chi connectivity index (χ3v) is 6.17. The second kappa shape index (κ2) is 6.50. The number of nitrogens with two attached hydrogens (primary N) is 1. The van der Waals surface area contributed by atoms with E-state index in [1.807, 2.05) is 53.0 Å². The molecule has 2 N–H and O–H groups in total. The Kier molecular flexibility index (Phi) is 3.98. The van der Waals surface area contributed by atoms with Crippen LogP contribution in [-0.2, 0) is 0 Å². The van der Waals surface area contributed by atoms with Crippen LogP contribution in [0, 0.1) is 0 Å². The van der Waals surface area contributed by atoms with Gasteiger partial charge in [-0.25, -0.2) is 14.4 Å². The normalized spacial score (nSPS) is 11.9. The summed E-state index contributed by atoms with van der Waals surface area (Å²) in [5.74, 6) is 0.295. The number of aromatic nitrogens is 7. The van der Waals surface area contributed by atoms with E-state index >= 15 is 0 Å². The van der Waals surface area contributed by atoms with Crippen molar-refractivity contribution in [2.24, 2.45) is 0 Å². The van der Waals surface area contributed by atoms with Crippen molar-refractivity contribution in [3.63, 3.8) is 0 Å². The molecule has 0 amide bonds. The molecule has 27 heavy (non-hydrogen) atoms. The number of rotatable bonds is 3. The predicted octanol–water partition coefficient (Wildman–Crippen LogP) is 3.58. The summed E-state index contributed by atoms with van der Waals surface area (Å²) in [7, 11) is 0. The van der Waals surface area contributed by atoms with Crippen molar-refractivity contribution in [2.75, 3.05) is 5.73 Å². The van der Waals surface area contributed by atoms with Gasteiger partial charge >= 0.3 is 0 Å². The highest BCUT2D eigenvalue weighted by Gasteiger charge is 2.19. The zero-order chi connectivity index (χ0) is 18.4. The smallest absolute Gasteiger partial charge is 0.223 e. The predicted molar refractivity (Wildman–Crippen MR) is 115 cm³/mol. The van der Waals surface area contributed by atoms with Crippen LogP contribution in [0.2, 0.25) is 0 Å². The highest BCUT2D eigenvalue weighted by Crippen LogP contribution is 2.36. The molecule has 3 aromatic heterocycles. The number of anilines is 1. The summed E-state index contributed by atoms with van der Waals surface area (Å²) in [5, 5.41) is 12.7. The lowest BCUT2D eigenvalue weighted by molar-refractivity contribution is 0.910. The van der Waals surface area contributed by atoms with Crippen LogP contribution in [-0.4, -0.2) is 34.3 Å². The van der Waals surface area contributed by atoms with Crippen LogP contribution in [0.5, 0.6) is 0 Å². The Morgan fingerprint density at radius 2 is 1.89 bits per heavy atom. The van der Waals surface area contributed by atoms with Gasteiger partial charge in [-0.2, -0.15) is 9.61 Å². The van der Waals surface area contributed by atoms with E-state index in [1.54, 1.807) is 4.52 Å². The monoisotopic (exact) mass is 486 g/mol. The van der Waals surface area contributed by atoms with E-state index in [-0.39, 0.29) is 0 Å². The molecule has 0 spiro atoms. The Morgan fingerprint density at radius 3 is 2.70 bits per heavy atom. The summed E-state index contributed by atoms with van der Waals surface area (Å²) >= 11 is 2.29. The standard InChI is InChI=1S/C17H12IN8P/c18-27-26-13-7-6-11(8-12(13)23-24-26)14-15(10-4-2-1-3-5-10)22-17(19)25-16(14)20-9-21-25/h1-9,27H,(H2,19,22). The molecule has 5 rings (SSSR count). The van der Waals surface area contributed by atoms with E-state index in [0.29, 0.717) is 18.0 Å². The summed E-state index contributed by atoms with van der Waals surface area (Å²) in [6.07, 6.45) is 1.98. The van der Waals surface area contributed by atoms with Gasteiger partial charge in [0.25, 0.3) is 0 Å². The summed E-state index contributed by atoms with van der Waals surface area (Å²) in [6.45, 7) is 0. The Morgan fingerprint density at radius 1 is 1.04 bits per heavy atom. The highest BCUT2D eigenvalue weighted by molar-refractivity contribution is 14.2. The van der Waals surface area contributed by atoms with Gasteiger partial charge < -0.3 is 5.73 Å². The van der Waals surface area contributed by atoms with Crippen LogP contribution in [0.3, 0.4) is 0 Å². The lowest BCUT2D eigenvalue weighted by atomic mass is 9.99. The van der Waals surface area contributed by atoms with E-state index in [9.17, 15) is 0 Å². The fourth-order valence-electron chi connectivity index (χ4n) is 3.12. The summed E-state index contributed by atoms with van der Waals surface area (Å²) in [6, 6.07) is 16.0. The van der Waals surface area contributed by atoms with Crippen LogP contribution < -0.4 is 5.73 Å². The number of benzene rings is 2. The summed E-state index contributed by atoms with van der Waals surface area (Å²) < 4.78 is 3.43. The average Bonchev–Trinajstić information content (AvgIpc) is 3.35. The number of halogens is 1. The number of nitrogens with zero attached hydrogens (tertiary/aromatic N) is 7. The molecular weight excluding hydrogens is 474 g/mol. The van der Waals surface area contributed by atoms with E-state index in [1.165, 1.54) is 6.33 Å². The largest absolute Gasteiger partial charge is 0.368 e. The van der Waals surface area contributed by atoms with Gasteiger partial charge in [0, 0.05) is 5.56 Å². The fourth-order valence-corrected chi connectivity index (χ4v) is 4.54. The lowest BCUT2D eigenvalue weighted by Crippen LogP contribution is -2.05. The van der Waals surface area contributed by atoms with Crippen molar-refractivity contribution < 1.29 is 0 Å². The van der Waals surface area contributed by atoms with Gasteiger partial charge in [-0.3, -0.25) is 0 Å². The maximum atomic E-state index is 6.12. The minimum atomic E-state index is 0.295.